The number of rotatable bonds is 16. The summed E-state index contributed by atoms with van der Waals surface area (Å²) in [6.07, 6.45) is 3.15. The van der Waals surface area contributed by atoms with Crippen molar-refractivity contribution in [1.29, 1.82) is 0 Å². The van der Waals surface area contributed by atoms with E-state index in [1.165, 1.54) is 15.9 Å². The molecule has 7 heteroatoms. The summed E-state index contributed by atoms with van der Waals surface area (Å²) in [5.74, 6) is 1.96. The van der Waals surface area contributed by atoms with E-state index in [1.807, 2.05) is 18.2 Å². The van der Waals surface area contributed by atoms with Crippen LogP contribution in [0, 0.1) is 11.8 Å². The maximum atomic E-state index is 7.26. The van der Waals surface area contributed by atoms with E-state index in [1.54, 1.807) is 14.2 Å². The Morgan fingerprint density at radius 1 is 0.872 bits per heavy atom. The molecule has 0 spiro atoms. The van der Waals surface area contributed by atoms with Crippen molar-refractivity contribution in [1.82, 2.24) is 0 Å². The molecule has 1 aliphatic rings. The Kier molecular flexibility index (Phi) is 14.1. The van der Waals surface area contributed by atoms with E-state index in [4.69, 9.17) is 23.4 Å². The van der Waals surface area contributed by atoms with Crippen LogP contribution in [0.4, 0.5) is 0 Å². The molecule has 3 aromatic carbocycles. The van der Waals surface area contributed by atoms with Crippen LogP contribution < -0.4 is 19.8 Å². The van der Waals surface area contributed by atoms with Crippen molar-refractivity contribution in [3.63, 3.8) is 0 Å². The molecule has 0 N–H and O–H groups in total. The van der Waals surface area contributed by atoms with Gasteiger partial charge in [0.1, 0.15) is 0 Å². The number of hydrogen-bond acceptors (Lipinski definition) is 5. The van der Waals surface area contributed by atoms with Crippen LogP contribution in [-0.2, 0) is 20.5 Å². The zero-order chi connectivity index (χ0) is 34.0. The quantitative estimate of drug-likeness (QED) is 0.137. The van der Waals surface area contributed by atoms with Crippen molar-refractivity contribution < 1.29 is 23.4 Å². The fourth-order valence-electron chi connectivity index (χ4n) is 7.26. The fraction of sp³-hybridized carbons (Fsp3) is 0.500. The molecule has 256 valence electrons. The van der Waals surface area contributed by atoms with Gasteiger partial charge in [0.05, 0.1) is 7.11 Å². The van der Waals surface area contributed by atoms with Gasteiger partial charge in [-0.1, -0.05) is 19.1 Å². The Hall–Kier alpha value is -2.10. The predicted octanol–water partition coefficient (Wildman–Crippen LogP) is 8.42. The molecular formula is C40H58O5SiSn. The molecule has 5 nitrogen and oxygen atoms in total. The Morgan fingerprint density at radius 3 is 2.06 bits per heavy atom. The van der Waals surface area contributed by atoms with E-state index in [0.717, 1.165) is 42.4 Å². The average Bonchev–Trinajstić information content (AvgIpc) is 3.07. The minimum absolute atomic E-state index is 0.0141. The number of ether oxygens (including phenoxy) is 4. The van der Waals surface area contributed by atoms with E-state index in [2.05, 4.69) is 107 Å². The molecule has 47 heavy (non-hydrogen) atoms. The van der Waals surface area contributed by atoms with Gasteiger partial charge in [0.25, 0.3) is 0 Å². The summed E-state index contributed by atoms with van der Waals surface area (Å²) in [5, 5.41) is 2.68. The molecule has 0 unspecified atom stereocenters. The molecule has 0 aliphatic carbocycles. The summed E-state index contributed by atoms with van der Waals surface area (Å²) < 4.78 is 34.9. The number of benzene rings is 3. The zero-order valence-electron chi connectivity index (χ0n) is 30.3. The predicted molar refractivity (Wildman–Crippen MR) is 200 cm³/mol. The topological polar surface area (TPSA) is 46.2 Å². The number of hydrogen-bond donors (Lipinski definition) is 0. The van der Waals surface area contributed by atoms with Crippen LogP contribution in [-0.4, -0.2) is 65.8 Å². The molecule has 4 rings (SSSR count). The average molecular weight is 766 g/mol. The van der Waals surface area contributed by atoms with Crippen LogP contribution in [0.2, 0.25) is 20.9 Å². The second-order valence-corrected chi connectivity index (χ2v) is 32.2. The van der Waals surface area contributed by atoms with E-state index >= 15 is 0 Å². The van der Waals surface area contributed by atoms with Gasteiger partial charge in [-0.2, -0.15) is 0 Å². The van der Waals surface area contributed by atoms with Crippen LogP contribution in [0.15, 0.2) is 88.5 Å². The van der Waals surface area contributed by atoms with Crippen molar-refractivity contribution in [2.24, 2.45) is 11.8 Å². The van der Waals surface area contributed by atoms with Gasteiger partial charge in [0.15, 0.2) is 0 Å². The Bertz CT molecular complexity index is 1370. The first-order chi connectivity index (χ1) is 22.5. The van der Waals surface area contributed by atoms with Gasteiger partial charge in [-0.05, 0) is 0 Å². The summed E-state index contributed by atoms with van der Waals surface area (Å²) in [6.45, 7) is 10.3. The maximum absolute atomic E-state index is 7.26. The van der Waals surface area contributed by atoms with Crippen LogP contribution in [0.25, 0.3) is 0 Å². The Balaban J connectivity index is 1.61. The molecule has 1 saturated heterocycles. The second kappa shape index (κ2) is 17.5. The Labute approximate surface area is 290 Å². The molecule has 5 atom stereocenters. The van der Waals surface area contributed by atoms with Crippen LogP contribution in [0.5, 0.6) is 11.5 Å². The SMILES string of the molecule is CCCC[Si](OCC[C@H]1O[C@@H](/C(C)=[CH]/[Sn]([CH3])([CH3])[CH3])[C@H](C)[C@@H](OCc2ccc(OC)cc2OC)[C@H]1C)(c1ccccc1)c1ccccc1. The summed E-state index contributed by atoms with van der Waals surface area (Å²) >= 11 is -2.23. The molecule has 1 heterocycles. The Morgan fingerprint density at radius 2 is 1.51 bits per heavy atom. The van der Waals surface area contributed by atoms with Gasteiger partial charge >= 0.3 is 265 Å². The third kappa shape index (κ3) is 9.75. The van der Waals surface area contributed by atoms with Gasteiger partial charge in [0, 0.05) is 0 Å². The molecule has 0 aromatic heterocycles. The molecule has 0 radical (unpaired) electrons. The molecule has 1 aliphatic heterocycles. The van der Waals surface area contributed by atoms with E-state index < -0.39 is 26.7 Å². The van der Waals surface area contributed by atoms with E-state index in [9.17, 15) is 0 Å². The normalized spacial score (nSPS) is 22.2. The van der Waals surface area contributed by atoms with E-state index in [-0.39, 0.29) is 30.1 Å². The third-order valence-corrected chi connectivity index (χ3v) is 17.6. The molecule has 0 bridgehead atoms. The van der Waals surface area contributed by atoms with Crippen LogP contribution >= 0.6 is 0 Å². The summed E-state index contributed by atoms with van der Waals surface area (Å²) in [6, 6.07) is 28.9. The zero-order valence-corrected chi connectivity index (χ0v) is 34.1. The fourth-order valence-corrected chi connectivity index (χ4v) is 15.8. The van der Waals surface area contributed by atoms with Gasteiger partial charge in [-0.15, -0.1) is 0 Å². The van der Waals surface area contributed by atoms with Gasteiger partial charge in [0.2, 0.25) is 0 Å². The standard InChI is InChI=1S/C37H49O5Si.3CH3.Sn/c1-8-9-24-43(32-16-12-10-13-17-32,33-18-14-11-15-19-33)41-23-22-34-28(4)37(29(5)36(42-34)27(2)3)40-26-30-20-21-31(38-6)25-35(30)39-7;;;;/h2,10-21,25,28-29,34,36-37H,8-9,22-24,26H2,1,3-7H3;3*1H3;/t28-,29-,34+,36-,37-;;;;/m0..../s1. The third-order valence-electron chi connectivity index (χ3n) is 9.57. The summed E-state index contributed by atoms with van der Waals surface area (Å²) in [4.78, 5) is 7.37. The van der Waals surface area contributed by atoms with Crippen molar-refractivity contribution >= 4 is 37.1 Å². The summed E-state index contributed by atoms with van der Waals surface area (Å²) in [5.41, 5.74) is 2.38. The van der Waals surface area contributed by atoms with Gasteiger partial charge < -0.3 is 0 Å². The molecule has 1 fully saturated rings. The van der Waals surface area contributed by atoms with Crippen molar-refractivity contribution in [2.45, 2.75) is 92.7 Å². The van der Waals surface area contributed by atoms with Gasteiger partial charge in [-0.25, -0.2) is 0 Å². The number of methoxy groups -OCH3 is 2. The molecule has 0 amide bonds. The first-order valence-corrected chi connectivity index (χ1v) is 29.8. The van der Waals surface area contributed by atoms with Crippen LogP contribution in [0.1, 0.15) is 52.5 Å². The van der Waals surface area contributed by atoms with E-state index in [0.29, 0.717) is 13.2 Å². The second-order valence-electron chi connectivity index (χ2n) is 14.3. The molecular weight excluding hydrogens is 707 g/mol. The minimum atomic E-state index is -2.47. The first kappa shape index (κ1) is 37.7. The van der Waals surface area contributed by atoms with Crippen molar-refractivity contribution in [3.8, 4) is 11.5 Å². The van der Waals surface area contributed by atoms with Crippen LogP contribution in [0.3, 0.4) is 0 Å². The first-order valence-electron chi connectivity index (χ1n) is 17.4. The van der Waals surface area contributed by atoms with Crippen molar-refractivity contribution in [3.05, 3.63) is 94.1 Å². The monoisotopic (exact) mass is 766 g/mol. The van der Waals surface area contributed by atoms with Gasteiger partial charge in [-0.3, -0.25) is 0 Å². The molecule has 0 saturated carbocycles. The molecule has 3 aromatic rings. The number of unbranched alkanes of at least 4 members (excludes halogenated alkanes) is 1. The van der Waals surface area contributed by atoms with Crippen molar-refractivity contribution in [2.75, 3.05) is 20.8 Å². The summed E-state index contributed by atoms with van der Waals surface area (Å²) in [7, 11) is 0.906.